The highest BCUT2D eigenvalue weighted by molar-refractivity contribution is 7.88. The summed E-state index contributed by atoms with van der Waals surface area (Å²) < 4.78 is 26.4. The van der Waals surface area contributed by atoms with Crippen LogP contribution in [0.3, 0.4) is 0 Å². The fourth-order valence-electron chi connectivity index (χ4n) is 3.26. The molecule has 6 nitrogen and oxygen atoms in total. The van der Waals surface area contributed by atoms with Gasteiger partial charge in [-0.3, -0.25) is 9.59 Å². The van der Waals surface area contributed by atoms with Gasteiger partial charge in [0.2, 0.25) is 10.0 Å². The highest BCUT2D eigenvalue weighted by Gasteiger charge is 2.19. The van der Waals surface area contributed by atoms with Gasteiger partial charge in [-0.2, -0.15) is 0 Å². The van der Waals surface area contributed by atoms with Crippen molar-refractivity contribution in [1.29, 1.82) is 0 Å². The van der Waals surface area contributed by atoms with Gasteiger partial charge in [-0.05, 0) is 54.8 Å². The molecule has 3 aromatic rings. The summed E-state index contributed by atoms with van der Waals surface area (Å²) in [6, 6.07) is 18.7. The number of amides is 1. The van der Waals surface area contributed by atoms with Crippen molar-refractivity contribution in [3.05, 3.63) is 113 Å². The van der Waals surface area contributed by atoms with Crippen LogP contribution >= 0.6 is 0 Å². The van der Waals surface area contributed by atoms with Gasteiger partial charge in [0, 0.05) is 23.4 Å². The molecule has 1 amide bonds. The molecule has 0 aromatic heterocycles. The summed E-state index contributed by atoms with van der Waals surface area (Å²) in [5.74, 6) is -0.824. The number of hydrogen-bond acceptors (Lipinski definition) is 4. The number of aryl methyl sites for hydroxylation is 2. The number of carbonyl (C=O) groups is 2. The van der Waals surface area contributed by atoms with Crippen molar-refractivity contribution in [3.63, 3.8) is 0 Å². The first-order chi connectivity index (χ1) is 15.7. The van der Waals surface area contributed by atoms with Crippen LogP contribution < -0.4 is 10.0 Å². The molecule has 3 aromatic carbocycles. The lowest BCUT2D eigenvalue weighted by Crippen LogP contribution is -2.25. The minimum absolute atomic E-state index is 0.163. The number of nitrogens with one attached hydrogen (secondary N) is 2. The Labute approximate surface area is 194 Å². The Balaban J connectivity index is 1.77. The van der Waals surface area contributed by atoms with Crippen LogP contribution in [-0.4, -0.2) is 26.7 Å². The average Bonchev–Trinajstić information content (AvgIpc) is 2.80. The predicted molar refractivity (Wildman–Crippen MR) is 131 cm³/mol. The summed E-state index contributed by atoms with van der Waals surface area (Å²) in [7, 11) is -3.47. The molecule has 170 valence electrons. The van der Waals surface area contributed by atoms with Crippen LogP contribution in [0.1, 0.15) is 43.0 Å². The van der Waals surface area contributed by atoms with E-state index >= 15 is 0 Å². The molecule has 0 aliphatic rings. The van der Waals surface area contributed by atoms with Crippen molar-refractivity contribution in [1.82, 2.24) is 4.72 Å². The normalized spacial score (nSPS) is 11.1. The van der Waals surface area contributed by atoms with E-state index in [-0.39, 0.29) is 23.6 Å². The van der Waals surface area contributed by atoms with E-state index in [0.717, 1.165) is 11.1 Å². The van der Waals surface area contributed by atoms with Gasteiger partial charge in [0.1, 0.15) is 0 Å². The monoisotopic (exact) mass is 462 g/mol. The Morgan fingerprint density at radius 2 is 1.58 bits per heavy atom. The molecule has 33 heavy (non-hydrogen) atoms. The molecule has 0 aliphatic carbocycles. The molecule has 0 heterocycles. The minimum atomic E-state index is -3.47. The second kappa shape index (κ2) is 10.4. The fraction of sp³-hybridized carbons (Fsp3) is 0.154. The summed E-state index contributed by atoms with van der Waals surface area (Å²) in [6.45, 7) is 7.57. The van der Waals surface area contributed by atoms with E-state index in [4.69, 9.17) is 0 Å². The van der Waals surface area contributed by atoms with Gasteiger partial charge in [0.05, 0.1) is 11.3 Å². The third kappa shape index (κ3) is 6.25. The molecule has 0 saturated heterocycles. The van der Waals surface area contributed by atoms with Crippen molar-refractivity contribution >= 4 is 27.4 Å². The van der Waals surface area contributed by atoms with E-state index in [1.54, 1.807) is 54.6 Å². The van der Waals surface area contributed by atoms with Gasteiger partial charge < -0.3 is 5.32 Å². The zero-order valence-corrected chi connectivity index (χ0v) is 19.4. The van der Waals surface area contributed by atoms with Crippen molar-refractivity contribution in [2.24, 2.45) is 0 Å². The van der Waals surface area contributed by atoms with Gasteiger partial charge in [-0.1, -0.05) is 48.5 Å². The summed E-state index contributed by atoms with van der Waals surface area (Å²) in [5, 5.41) is 2.78. The van der Waals surface area contributed by atoms with Crippen LogP contribution in [0.25, 0.3) is 0 Å². The zero-order chi connectivity index (χ0) is 24.0. The van der Waals surface area contributed by atoms with Crippen LogP contribution in [0, 0.1) is 13.8 Å². The number of rotatable bonds is 9. The van der Waals surface area contributed by atoms with E-state index < -0.39 is 15.9 Å². The van der Waals surface area contributed by atoms with E-state index in [9.17, 15) is 18.0 Å². The molecule has 0 aliphatic heterocycles. The second-order valence-corrected chi connectivity index (χ2v) is 9.53. The molecule has 7 heteroatoms. The molecule has 0 bridgehead atoms. The van der Waals surface area contributed by atoms with E-state index in [2.05, 4.69) is 16.6 Å². The number of hydrogen-bond donors (Lipinski definition) is 2. The van der Waals surface area contributed by atoms with Crippen molar-refractivity contribution < 1.29 is 18.0 Å². The third-order valence-electron chi connectivity index (χ3n) is 5.20. The first-order valence-electron chi connectivity index (χ1n) is 10.4. The number of ketones is 1. The first kappa shape index (κ1) is 24.1. The van der Waals surface area contributed by atoms with Crippen LogP contribution in [0.15, 0.2) is 79.4 Å². The zero-order valence-electron chi connectivity index (χ0n) is 18.6. The Kier molecular flexibility index (Phi) is 7.58. The highest BCUT2D eigenvalue weighted by atomic mass is 32.2. The molecule has 3 rings (SSSR count). The number of anilines is 1. The minimum Gasteiger partial charge on any atom is -0.322 e. The van der Waals surface area contributed by atoms with Crippen molar-refractivity contribution in [2.75, 3.05) is 11.9 Å². The Bertz CT molecular complexity index is 1300. The van der Waals surface area contributed by atoms with Crippen LogP contribution in [0.4, 0.5) is 5.69 Å². The third-order valence-corrected chi connectivity index (χ3v) is 6.52. The van der Waals surface area contributed by atoms with Crippen molar-refractivity contribution in [3.8, 4) is 0 Å². The molecular formula is C26H26N2O4S. The van der Waals surface area contributed by atoms with E-state index in [1.807, 2.05) is 26.0 Å². The van der Waals surface area contributed by atoms with Crippen LogP contribution in [0.5, 0.6) is 0 Å². The van der Waals surface area contributed by atoms with Crippen molar-refractivity contribution in [2.45, 2.75) is 19.6 Å². The molecule has 0 fully saturated rings. The molecule has 0 unspecified atom stereocenters. The fourth-order valence-corrected chi connectivity index (χ4v) is 4.36. The maximum Gasteiger partial charge on any atom is 0.256 e. The molecular weight excluding hydrogens is 436 g/mol. The van der Waals surface area contributed by atoms with Gasteiger partial charge in [-0.15, -0.1) is 6.58 Å². The predicted octanol–water partition coefficient (Wildman–Crippen LogP) is 4.39. The number of carbonyl (C=O) groups excluding carboxylic acids is 2. The molecule has 0 radical (unpaired) electrons. The first-order valence-corrected chi connectivity index (χ1v) is 12.0. The lowest BCUT2D eigenvalue weighted by atomic mass is 9.95. The SMILES string of the molecule is C=CCNS(=O)(=O)Cc1ccc(NC(=O)c2ccccc2C(=O)c2ccc(C)c(C)c2)cc1. The smallest absolute Gasteiger partial charge is 0.256 e. The summed E-state index contributed by atoms with van der Waals surface area (Å²) in [5.41, 5.74) is 4.27. The highest BCUT2D eigenvalue weighted by Crippen LogP contribution is 2.19. The largest absolute Gasteiger partial charge is 0.322 e. The quantitative estimate of drug-likeness (QED) is 0.364. The Hall–Kier alpha value is -3.55. The topological polar surface area (TPSA) is 92.3 Å². The van der Waals surface area contributed by atoms with E-state index in [0.29, 0.717) is 22.4 Å². The van der Waals surface area contributed by atoms with Gasteiger partial charge in [0.15, 0.2) is 5.78 Å². The number of benzene rings is 3. The van der Waals surface area contributed by atoms with E-state index in [1.165, 1.54) is 6.08 Å². The average molecular weight is 463 g/mol. The second-order valence-electron chi connectivity index (χ2n) is 7.72. The Morgan fingerprint density at radius 3 is 2.21 bits per heavy atom. The summed E-state index contributed by atoms with van der Waals surface area (Å²) in [6.07, 6.45) is 1.47. The molecule has 0 atom stereocenters. The maximum atomic E-state index is 13.1. The maximum absolute atomic E-state index is 13.1. The molecule has 2 N–H and O–H groups in total. The standard InChI is InChI=1S/C26H26N2O4S/c1-4-15-27-33(31,32)17-20-10-13-22(14-11-20)28-26(30)24-8-6-5-7-23(24)25(29)21-12-9-18(2)19(3)16-21/h4-14,16,27H,1,15,17H2,2-3H3,(H,28,30). The Morgan fingerprint density at radius 1 is 0.909 bits per heavy atom. The van der Waals surface area contributed by atoms with Crippen LogP contribution in [-0.2, 0) is 15.8 Å². The van der Waals surface area contributed by atoms with Gasteiger partial charge in [-0.25, -0.2) is 13.1 Å². The molecule has 0 saturated carbocycles. The number of sulfonamides is 1. The molecule has 0 spiro atoms. The summed E-state index contributed by atoms with van der Waals surface area (Å²) >= 11 is 0. The van der Waals surface area contributed by atoms with Gasteiger partial charge in [0.25, 0.3) is 5.91 Å². The lowest BCUT2D eigenvalue weighted by Gasteiger charge is -2.11. The lowest BCUT2D eigenvalue weighted by molar-refractivity contribution is 0.0996. The van der Waals surface area contributed by atoms with Gasteiger partial charge >= 0.3 is 0 Å². The summed E-state index contributed by atoms with van der Waals surface area (Å²) in [4.78, 5) is 26.0. The van der Waals surface area contributed by atoms with Crippen LogP contribution in [0.2, 0.25) is 0 Å².